The van der Waals surface area contributed by atoms with Gasteiger partial charge in [-0.1, -0.05) is 24.8 Å². The Balaban J connectivity index is 1.74. The van der Waals surface area contributed by atoms with E-state index in [1.54, 1.807) is 13.3 Å². The van der Waals surface area contributed by atoms with Crippen molar-refractivity contribution < 1.29 is 9.53 Å². The zero-order chi connectivity index (χ0) is 19.9. The average molecular weight is 374 g/mol. The maximum absolute atomic E-state index is 11.5. The van der Waals surface area contributed by atoms with Crippen molar-refractivity contribution in [3.05, 3.63) is 78.5 Å². The molecule has 0 bridgehead atoms. The number of hydrogen-bond acceptors (Lipinski definition) is 6. The maximum Gasteiger partial charge on any atom is 0.229 e. The predicted molar refractivity (Wildman–Crippen MR) is 112 cm³/mol. The number of ether oxygens (including phenoxy) is 1. The minimum atomic E-state index is 0.000567. The van der Waals surface area contributed by atoms with Gasteiger partial charge in [-0.15, -0.1) is 0 Å². The quantitative estimate of drug-likeness (QED) is 0.562. The van der Waals surface area contributed by atoms with Crippen molar-refractivity contribution in [3.63, 3.8) is 0 Å². The van der Waals surface area contributed by atoms with Crippen molar-refractivity contribution >= 4 is 28.9 Å². The minimum Gasteiger partial charge on any atom is -0.497 e. The molecule has 0 atom stereocenters. The number of ketones is 1. The molecular weight excluding hydrogens is 352 g/mol. The van der Waals surface area contributed by atoms with Gasteiger partial charge in [0.15, 0.2) is 5.78 Å². The summed E-state index contributed by atoms with van der Waals surface area (Å²) in [6.45, 7) is 5.44. The number of carbonyl (C=O) groups is 1. The average Bonchev–Trinajstić information content (AvgIpc) is 2.72. The zero-order valence-corrected chi connectivity index (χ0v) is 15.9. The topological polar surface area (TPSA) is 76.1 Å². The molecule has 0 aliphatic carbocycles. The van der Waals surface area contributed by atoms with Gasteiger partial charge in [0.1, 0.15) is 11.6 Å². The third-order valence-electron chi connectivity index (χ3n) is 4.12. The van der Waals surface area contributed by atoms with E-state index in [-0.39, 0.29) is 5.78 Å². The number of benzene rings is 2. The third-order valence-corrected chi connectivity index (χ3v) is 4.12. The molecule has 1 heterocycles. The number of carbonyl (C=O) groups excluding carboxylic acids is 1. The van der Waals surface area contributed by atoms with E-state index in [2.05, 4.69) is 27.2 Å². The molecule has 142 valence electrons. The van der Waals surface area contributed by atoms with Crippen LogP contribution >= 0.6 is 0 Å². The lowest BCUT2D eigenvalue weighted by Gasteiger charge is -2.12. The molecule has 0 aliphatic rings. The molecule has 2 N–H and O–H groups in total. The van der Waals surface area contributed by atoms with Crippen molar-refractivity contribution in [2.75, 3.05) is 17.7 Å². The van der Waals surface area contributed by atoms with Crippen LogP contribution in [0.1, 0.15) is 11.1 Å². The molecule has 0 unspecified atom stereocenters. The van der Waals surface area contributed by atoms with Gasteiger partial charge in [-0.2, -0.15) is 4.98 Å². The number of aryl methyl sites for hydroxylation is 1. The molecule has 0 saturated heterocycles. The molecule has 0 aliphatic heterocycles. The monoisotopic (exact) mass is 374 g/mol. The van der Waals surface area contributed by atoms with Crippen LogP contribution < -0.4 is 15.4 Å². The van der Waals surface area contributed by atoms with Crippen molar-refractivity contribution in [2.24, 2.45) is 0 Å². The molecule has 3 rings (SSSR count). The lowest BCUT2D eigenvalue weighted by molar-refractivity contribution is -0.114. The van der Waals surface area contributed by atoms with E-state index < -0.39 is 0 Å². The summed E-state index contributed by atoms with van der Waals surface area (Å²) >= 11 is 0. The van der Waals surface area contributed by atoms with Crippen molar-refractivity contribution in [2.45, 2.75) is 13.3 Å². The predicted octanol–water partition coefficient (Wildman–Crippen LogP) is 4.58. The van der Waals surface area contributed by atoms with Gasteiger partial charge in [0, 0.05) is 35.6 Å². The van der Waals surface area contributed by atoms with Crippen LogP contribution in [0.25, 0.3) is 0 Å². The Morgan fingerprint density at radius 2 is 1.93 bits per heavy atom. The first-order chi connectivity index (χ1) is 13.6. The normalized spacial score (nSPS) is 10.2. The lowest BCUT2D eigenvalue weighted by Crippen LogP contribution is -2.03. The van der Waals surface area contributed by atoms with Crippen LogP contribution in [0.15, 0.2) is 67.4 Å². The van der Waals surface area contributed by atoms with Crippen molar-refractivity contribution in [1.82, 2.24) is 9.97 Å². The highest BCUT2D eigenvalue weighted by Crippen LogP contribution is 2.23. The van der Waals surface area contributed by atoms with Gasteiger partial charge in [0.2, 0.25) is 5.95 Å². The Labute approximate surface area is 164 Å². The Morgan fingerprint density at radius 1 is 1.14 bits per heavy atom. The maximum atomic E-state index is 11.5. The Morgan fingerprint density at radius 3 is 2.64 bits per heavy atom. The number of nitrogens with zero attached hydrogens (tertiary/aromatic N) is 2. The first kappa shape index (κ1) is 19.1. The van der Waals surface area contributed by atoms with E-state index in [0.717, 1.165) is 28.3 Å². The molecule has 1 aromatic heterocycles. The second kappa shape index (κ2) is 8.81. The molecule has 28 heavy (non-hydrogen) atoms. The summed E-state index contributed by atoms with van der Waals surface area (Å²) in [5.74, 6) is 1.94. The molecule has 0 saturated carbocycles. The molecular formula is C22H22N4O2. The molecule has 0 radical (unpaired) electrons. The number of hydrogen-bond donors (Lipinski definition) is 2. The summed E-state index contributed by atoms with van der Waals surface area (Å²) < 4.78 is 5.24. The van der Waals surface area contributed by atoms with E-state index in [1.165, 1.54) is 6.08 Å². The van der Waals surface area contributed by atoms with Crippen LogP contribution in [0, 0.1) is 6.92 Å². The van der Waals surface area contributed by atoms with E-state index in [4.69, 9.17) is 4.74 Å². The number of nitrogens with one attached hydrogen (secondary N) is 2. The van der Waals surface area contributed by atoms with Crippen LogP contribution in [0.4, 0.5) is 23.1 Å². The van der Waals surface area contributed by atoms with Gasteiger partial charge in [-0.3, -0.25) is 4.79 Å². The fourth-order valence-corrected chi connectivity index (χ4v) is 2.57. The molecule has 6 nitrogen and oxygen atoms in total. The van der Waals surface area contributed by atoms with Crippen LogP contribution in [0.5, 0.6) is 5.75 Å². The zero-order valence-electron chi connectivity index (χ0n) is 15.9. The highest BCUT2D eigenvalue weighted by molar-refractivity contribution is 5.90. The fraction of sp³-hybridized carbons (Fsp3) is 0.136. The standard InChI is InChI=1S/C22H22N4O2/c1-4-19(27)12-16-8-10-17(11-9-16)24-21-15(2)14-23-22(26-21)25-18-6-5-7-20(13-18)28-3/h4-11,13-14H,1,12H2,2-3H3,(H2,23,24,25,26). The smallest absolute Gasteiger partial charge is 0.229 e. The summed E-state index contributed by atoms with van der Waals surface area (Å²) in [5, 5.41) is 6.47. The summed E-state index contributed by atoms with van der Waals surface area (Å²) in [6, 6.07) is 15.2. The van der Waals surface area contributed by atoms with E-state index in [9.17, 15) is 4.79 Å². The van der Waals surface area contributed by atoms with E-state index >= 15 is 0 Å². The van der Waals surface area contributed by atoms with Crippen LogP contribution in [0.3, 0.4) is 0 Å². The van der Waals surface area contributed by atoms with Gasteiger partial charge in [-0.05, 0) is 42.8 Å². The number of methoxy groups -OCH3 is 1. The SMILES string of the molecule is C=CC(=O)Cc1ccc(Nc2nc(Nc3cccc(OC)c3)ncc2C)cc1. The summed E-state index contributed by atoms with van der Waals surface area (Å²) in [7, 11) is 1.63. The van der Waals surface area contributed by atoms with E-state index in [1.807, 2.05) is 55.5 Å². The van der Waals surface area contributed by atoms with Crippen LogP contribution in [-0.4, -0.2) is 22.9 Å². The second-order valence-corrected chi connectivity index (χ2v) is 6.25. The Kier molecular flexibility index (Phi) is 6.01. The third kappa shape index (κ3) is 4.94. The number of allylic oxidation sites excluding steroid dienone is 1. The van der Waals surface area contributed by atoms with Gasteiger partial charge < -0.3 is 15.4 Å². The number of aromatic nitrogens is 2. The number of rotatable bonds is 8. The Hall–Kier alpha value is -3.67. The van der Waals surface area contributed by atoms with Crippen LogP contribution in [-0.2, 0) is 11.2 Å². The summed E-state index contributed by atoms with van der Waals surface area (Å²) in [6.07, 6.45) is 3.45. The van der Waals surface area contributed by atoms with E-state index in [0.29, 0.717) is 18.2 Å². The molecule has 0 amide bonds. The minimum absolute atomic E-state index is 0.000567. The first-order valence-corrected chi connectivity index (χ1v) is 8.83. The summed E-state index contributed by atoms with van der Waals surface area (Å²) in [5.41, 5.74) is 3.58. The fourth-order valence-electron chi connectivity index (χ4n) is 2.57. The molecule has 0 fully saturated rings. The highest BCUT2D eigenvalue weighted by atomic mass is 16.5. The molecule has 6 heteroatoms. The lowest BCUT2D eigenvalue weighted by atomic mass is 10.1. The highest BCUT2D eigenvalue weighted by Gasteiger charge is 2.06. The van der Waals surface area contributed by atoms with Gasteiger partial charge in [0.05, 0.1) is 7.11 Å². The first-order valence-electron chi connectivity index (χ1n) is 8.83. The number of anilines is 4. The molecule has 2 aromatic carbocycles. The van der Waals surface area contributed by atoms with Gasteiger partial charge in [0.25, 0.3) is 0 Å². The van der Waals surface area contributed by atoms with Gasteiger partial charge >= 0.3 is 0 Å². The Bertz CT molecular complexity index is 984. The summed E-state index contributed by atoms with van der Waals surface area (Å²) in [4.78, 5) is 20.4. The van der Waals surface area contributed by atoms with Crippen molar-refractivity contribution in [1.29, 1.82) is 0 Å². The molecule has 3 aromatic rings. The van der Waals surface area contributed by atoms with Gasteiger partial charge in [-0.25, -0.2) is 4.98 Å². The van der Waals surface area contributed by atoms with Crippen LogP contribution in [0.2, 0.25) is 0 Å². The molecule has 0 spiro atoms. The second-order valence-electron chi connectivity index (χ2n) is 6.25. The van der Waals surface area contributed by atoms with Crippen molar-refractivity contribution in [3.8, 4) is 5.75 Å². The largest absolute Gasteiger partial charge is 0.497 e.